The van der Waals surface area contributed by atoms with Gasteiger partial charge in [0.05, 0.1) is 32.0 Å². The van der Waals surface area contributed by atoms with E-state index >= 15 is 0 Å². The highest BCUT2D eigenvalue weighted by Crippen LogP contribution is 2.36. The van der Waals surface area contributed by atoms with Gasteiger partial charge in [-0.1, -0.05) is 23.7 Å². The topological polar surface area (TPSA) is 68.6 Å². The Labute approximate surface area is 174 Å². The molecule has 2 aromatic carbocycles. The van der Waals surface area contributed by atoms with Gasteiger partial charge >= 0.3 is 0 Å². The number of halogens is 1. The van der Waals surface area contributed by atoms with E-state index in [-0.39, 0.29) is 5.91 Å². The summed E-state index contributed by atoms with van der Waals surface area (Å²) in [6.45, 7) is 0.531. The summed E-state index contributed by atoms with van der Waals surface area (Å²) in [5.41, 5.74) is 2.55. The van der Waals surface area contributed by atoms with Gasteiger partial charge in [-0.05, 0) is 29.8 Å². The molecular formula is C21H23ClN4O3. The average molecular weight is 415 g/mol. The summed E-state index contributed by atoms with van der Waals surface area (Å²) in [6.07, 6.45) is 1.64. The van der Waals surface area contributed by atoms with Crippen molar-refractivity contribution in [2.75, 3.05) is 38.5 Å². The van der Waals surface area contributed by atoms with Crippen LogP contribution in [0.3, 0.4) is 0 Å². The van der Waals surface area contributed by atoms with Crippen LogP contribution in [0, 0.1) is 0 Å². The highest BCUT2D eigenvalue weighted by molar-refractivity contribution is 6.32. The predicted molar refractivity (Wildman–Crippen MR) is 115 cm³/mol. The van der Waals surface area contributed by atoms with Crippen molar-refractivity contribution >= 4 is 29.0 Å². The fourth-order valence-corrected chi connectivity index (χ4v) is 3.16. The van der Waals surface area contributed by atoms with E-state index in [2.05, 4.69) is 10.4 Å². The van der Waals surface area contributed by atoms with Crippen molar-refractivity contribution < 1.29 is 14.3 Å². The maximum Gasteiger partial charge on any atom is 0.257 e. The number of amides is 1. The van der Waals surface area contributed by atoms with Gasteiger partial charge in [0.2, 0.25) is 0 Å². The predicted octanol–water partition coefficient (Wildman–Crippen LogP) is 3.92. The van der Waals surface area contributed by atoms with Gasteiger partial charge in [-0.25, -0.2) is 4.68 Å². The van der Waals surface area contributed by atoms with Gasteiger partial charge in [0, 0.05) is 31.4 Å². The van der Waals surface area contributed by atoms with Crippen LogP contribution in [0.2, 0.25) is 5.02 Å². The van der Waals surface area contributed by atoms with Crippen LogP contribution in [0.15, 0.2) is 48.7 Å². The quantitative estimate of drug-likeness (QED) is 0.634. The lowest BCUT2D eigenvalue weighted by Gasteiger charge is -2.14. The number of carbonyl (C=O) groups is 1. The number of nitrogens with zero attached hydrogens (tertiary/aromatic N) is 3. The van der Waals surface area contributed by atoms with E-state index in [1.165, 1.54) is 14.2 Å². The molecule has 0 bridgehead atoms. The van der Waals surface area contributed by atoms with E-state index in [0.717, 1.165) is 11.3 Å². The van der Waals surface area contributed by atoms with E-state index < -0.39 is 0 Å². The second kappa shape index (κ2) is 8.87. The van der Waals surface area contributed by atoms with Crippen LogP contribution in [-0.2, 0) is 6.54 Å². The normalized spacial score (nSPS) is 10.5. The Bertz CT molecular complexity index is 1000. The van der Waals surface area contributed by atoms with Crippen LogP contribution in [0.4, 0.5) is 11.5 Å². The van der Waals surface area contributed by atoms with Gasteiger partial charge in [0.1, 0.15) is 5.82 Å². The summed E-state index contributed by atoms with van der Waals surface area (Å²) in [7, 11) is 6.98. The summed E-state index contributed by atoms with van der Waals surface area (Å²) < 4.78 is 12.2. The van der Waals surface area contributed by atoms with E-state index in [9.17, 15) is 4.79 Å². The van der Waals surface area contributed by atoms with Gasteiger partial charge in [-0.2, -0.15) is 5.10 Å². The molecule has 3 rings (SSSR count). The lowest BCUT2D eigenvalue weighted by Crippen LogP contribution is -2.16. The van der Waals surface area contributed by atoms with Gasteiger partial charge in [0.15, 0.2) is 11.5 Å². The molecule has 1 heterocycles. The Morgan fingerprint density at radius 1 is 1.14 bits per heavy atom. The summed E-state index contributed by atoms with van der Waals surface area (Å²) >= 11 is 6.21. The van der Waals surface area contributed by atoms with Crippen molar-refractivity contribution in [3.05, 3.63) is 64.8 Å². The number of benzene rings is 2. The summed E-state index contributed by atoms with van der Waals surface area (Å²) in [6, 6.07) is 13.0. The van der Waals surface area contributed by atoms with Crippen LogP contribution in [-0.4, -0.2) is 44.0 Å². The molecule has 0 fully saturated rings. The number of ether oxygens (including phenoxy) is 2. The Balaban J connectivity index is 1.77. The maximum atomic E-state index is 12.7. The molecule has 0 atom stereocenters. The van der Waals surface area contributed by atoms with E-state index in [1.54, 1.807) is 29.1 Å². The van der Waals surface area contributed by atoms with Crippen LogP contribution < -0.4 is 19.7 Å². The van der Waals surface area contributed by atoms with Crippen molar-refractivity contribution in [2.24, 2.45) is 0 Å². The van der Waals surface area contributed by atoms with E-state index in [4.69, 9.17) is 21.1 Å². The zero-order valence-electron chi connectivity index (χ0n) is 16.8. The monoisotopic (exact) mass is 414 g/mol. The molecule has 152 valence electrons. The van der Waals surface area contributed by atoms with Crippen molar-refractivity contribution in [3.63, 3.8) is 0 Å². The van der Waals surface area contributed by atoms with Crippen LogP contribution >= 0.6 is 11.6 Å². The standard InChI is InChI=1S/C21H23ClN4O3/c1-25(2)16-7-5-14(6-8-16)13-26-19(9-10-23-26)24-21(27)15-11-17(22)20(29-4)18(12-15)28-3/h5-12H,13H2,1-4H3,(H,24,27). The summed E-state index contributed by atoms with van der Waals surface area (Å²) in [5.74, 6) is 1.03. The third kappa shape index (κ3) is 4.63. The fraction of sp³-hybridized carbons (Fsp3) is 0.238. The molecule has 0 unspecified atom stereocenters. The molecule has 0 radical (unpaired) electrons. The molecular weight excluding hydrogens is 392 g/mol. The third-order valence-corrected chi connectivity index (χ3v) is 4.72. The van der Waals surface area contributed by atoms with Crippen molar-refractivity contribution in [1.82, 2.24) is 9.78 Å². The number of nitrogens with one attached hydrogen (secondary N) is 1. The first-order valence-corrected chi connectivity index (χ1v) is 9.31. The number of methoxy groups -OCH3 is 2. The number of aromatic nitrogens is 2. The number of anilines is 2. The van der Waals surface area contributed by atoms with Crippen molar-refractivity contribution in [2.45, 2.75) is 6.54 Å². The average Bonchev–Trinajstić information content (AvgIpc) is 3.14. The molecule has 1 aromatic heterocycles. The van der Waals surface area contributed by atoms with Crippen LogP contribution in [0.25, 0.3) is 0 Å². The molecule has 0 aliphatic heterocycles. The minimum absolute atomic E-state index is 0.298. The minimum Gasteiger partial charge on any atom is -0.493 e. The second-order valence-electron chi connectivity index (χ2n) is 6.58. The van der Waals surface area contributed by atoms with Gasteiger partial charge in [0.25, 0.3) is 5.91 Å². The highest BCUT2D eigenvalue weighted by atomic mass is 35.5. The maximum absolute atomic E-state index is 12.7. The number of rotatable bonds is 7. The molecule has 29 heavy (non-hydrogen) atoms. The smallest absolute Gasteiger partial charge is 0.257 e. The Morgan fingerprint density at radius 2 is 1.86 bits per heavy atom. The minimum atomic E-state index is -0.322. The lowest BCUT2D eigenvalue weighted by molar-refractivity contribution is 0.102. The zero-order valence-corrected chi connectivity index (χ0v) is 17.5. The first kappa shape index (κ1) is 20.5. The molecule has 0 aliphatic carbocycles. The third-order valence-electron chi connectivity index (χ3n) is 4.44. The van der Waals surface area contributed by atoms with Crippen molar-refractivity contribution in [3.8, 4) is 11.5 Å². The SMILES string of the molecule is COc1cc(C(=O)Nc2ccnn2Cc2ccc(N(C)C)cc2)cc(Cl)c1OC. The highest BCUT2D eigenvalue weighted by Gasteiger charge is 2.16. The molecule has 0 aliphatic rings. The molecule has 1 N–H and O–H groups in total. The van der Waals surface area contributed by atoms with E-state index in [1.807, 2.05) is 43.3 Å². The van der Waals surface area contributed by atoms with Gasteiger partial charge in [-0.3, -0.25) is 4.79 Å². The van der Waals surface area contributed by atoms with Crippen LogP contribution in [0.1, 0.15) is 15.9 Å². The first-order chi connectivity index (χ1) is 13.9. The number of hydrogen-bond acceptors (Lipinski definition) is 5. The Hall–Kier alpha value is -3.19. The number of hydrogen-bond donors (Lipinski definition) is 1. The summed E-state index contributed by atoms with van der Waals surface area (Å²) in [4.78, 5) is 14.8. The zero-order chi connectivity index (χ0) is 21.0. The molecule has 0 saturated heterocycles. The molecule has 8 heteroatoms. The molecule has 7 nitrogen and oxygen atoms in total. The van der Waals surface area contributed by atoms with Gasteiger partial charge < -0.3 is 19.7 Å². The largest absolute Gasteiger partial charge is 0.493 e. The summed E-state index contributed by atoms with van der Waals surface area (Å²) in [5, 5.41) is 7.48. The Kier molecular flexibility index (Phi) is 6.29. The lowest BCUT2D eigenvalue weighted by atomic mass is 10.2. The molecule has 1 amide bonds. The van der Waals surface area contributed by atoms with Crippen molar-refractivity contribution in [1.29, 1.82) is 0 Å². The Morgan fingerprint density at radius 3 is 2.48 bits per heavy atom. The first-order valence-electron chi connectivity index (χ1n) is 8.94. The second-order valence-corrected chi connectivity index (χ2v) is 6.99. The number of carbonyl (C=O) groups excluding carboxylic acids is 1. The molecule has 0 spiro atoms. The van der Waals surface area contributed by atoms with Gasteiger partial charge in [-0.15, -0.1) is 0 Å². The molecule has 3 aromatic rings. The molecule has 0 saturated carbocycles. The fourth-order valence-electron chi connectivity index (χ4n) is 2.87. The van der Waals surface area contributed by atoms with Crippen LogP contribution in [0.5, 0.6) is 11.5 Å². The van der Waals surface area contributed by atoms with E-state index in [0.29, 0.717) is 34.4 Å².